The quantitative estimate of drug-likeness (QED) is 0.599. The SMILES string of the molecule is O=C(c1ccc2c(c1)OCO2)C1CCCN(C(=O)C=Cc2cccc(F)c2)C1. The van der Waals surface area contributed by atoms with Crippen LogP contribution < -0.4 is 9.47 Å². The zero-order valence-corrected chi connectivity index (χ0v) is 15.3. The molecule has 1 saturated heterocycles. The number of halogens is 1. The number of hydrogen-bond donors (Lipinski definition) is 0. The summed E-state index contributed by atoms with van der Waals surface area (Å²) >= 11 is 0. The van der Waals surface area contributed by atoms with Crippen molar-refractivity contribution in [1.29, 1.82) is 0 Å². The van der Waals surface area contributed by atoms with Gasteiger partial charge in [0.05, 0.1) is 0 Å². The first kappa shape index (κ1) is 18.2. The molecule has 0 spiro atoms. The summed E-state index contributed by atoms with van der Waals surface area (Å²) in [7, 11) is 0. The lowest BCUT2D eigenvalue weighted by Crippen LogP contribution is -2.41. The van der Waals surface area contributed by atoms with Crippen LogP contribution in [0, 0.1) is 11.7 Å². The van der Waals surface area contributed by atoms with E-state index >= 15 is 0 Å². The van der Waals surface area contributed by atoms with Gasteiger partial charge >= 0.3 is 0 Å². The van der Waals surface area contributed by atoms with Gasteiger partial charge in [0.15, 0.2) is 17.3 Å². The smallest absolute Gasteiger partial charge is 0.246 e. The zero-order chi connectivity index (χ0) is 19.5. The molecule has 1 amide bonds. The molecule has 5 nitrogen and oxygen atoms in total. The van der Waals surface area contributed by atoms with Gasteiger partial charge in [-0.05, 0) is 54.8 Å². The molecule has 2 aliphatic heterocycles. The van der Waals surface area contributed by atoms with Gasteiger partial charge in [0.1, 0.15) is 5.82 Å². The van der Waals surface area contributed by atoms with Crippen molar-refractivity contribution in [2.45, 2.75) is 12.8 Å². The van der Waals surface area contributed by atoms with E-state index < -0.39 is 0 Å². The number of ether oxygens (including phenoxy) is 2. The van der Waals surface area contributed by atoms with E-state index in [1.165, 1.54) is 18.2 Å². The highest BCUT2D eigenvalue weighted by Gasteiger charge is 2.29. The molecule has 0 radical (unpaired) electrons. The van der Waals surface area contributed by atoms with Crippen LogP contribution in [0.1, 0.15) is 28.8 Å². The van der Waals surface area contributed by atoms with Crippen LogP contribution in [0.3, 0.4) is 0 Å². The van der Waals surface area contributed by atoms with Crippen molar-refractivity contribution in [1.82, 2.24) is 4.90 Å². The van der Waals surface area contributed by atoms with Crippen molar-refractivity contribution in [3.63, 3.8) is 0 Å². The van der Waals surface area contributed by atoms with Gasteiger partial charge in [0.2, 0.25) is 12.7 Å². The van der Waals surface area contributed by atoms with Crippen molar-refractivity contribution >= 4 is 17.8 Å². The van der Waals surface area contributed by atoms with E-state index in [9.17, 15) is 14.0 Å². The number of carbonyl (C=O) groups excluding carboxylic acids is 2. The number of rotatable bonds is 4. The maximum Gasteiger partial charge on any atom is 0.246 e. The van der Waals surface area contributed by atoms with Crippen LogP contribution in [0.15, 0.2) is 48.5 Å². The molecular weight excluding hydrogens is 361 g/mol. The van der Waals surface area contributed by atoms with Crippen molar-refractivity contribution in [2.75, 3.05) is 19.9 Å². The molecule has 144 valence electrons. The molecular formula is C22H20FNO4. The van der Waals surface area contributed by atoms with Gasteiger partial charge < -0.3 is 14.4 Å². The minimum absolute atomic E-state index is 0.00455. The van der Waals surface area contributed by atoms with Crippen LogP contribution in [0.25, 0.3) is 6.08 Å². The number of Topliss-reactive ketones (excluding diaryl/α,β-unsaturated/α-hetero) is 1. The lowest BCUT2D eigenvalue weighted by atomic mass is 9.89. The summed E-state index contributed by atoms with van der Waals surface area (Å²) in [5.41, 5.74) is 1.19. The highest BCUT2D eigenvalue weighted by molar-refractivity contribution is 5.99. The Labute approximate surface area is 162 Å². The van der Waals surface area contributed by atoms with Crippen molar-refractivity contribution in [2.24, 2.45) is 5.92 Å². The number of likely N-dealkylation sites (tertiary alicyclic amines) is 1. The van der Waals surface area contributed by atoms with Crippen molar-refractivity contribution in [3.8, 4) is 11.5 Å². The standard InChI is InChI=1S/C22H20FNO4/c23-18-5-1-3-15(11-18)6-9-21(25)24-10-2-4-17(13-24)22(26)16-7-8-19-20(12-16)28-14-27-19/h1,3,5-9,11-12,17H,2,4,10,13-14H2. The first-order valence-electron chi connectivity index (χ1n) is 9.26. The van der Waals surface area contributed by atoms with E-state index in [4.69, 9.17) is 9.47 Å². The highest BCUT2D eigenvalue weighted by Crippen LogP contribution is 2.33. The summed E-state index contributed by atoms with van der Waals surface area (Å²) in [5, 5.41) is 0. The number of carbonyl (C=O) groups is 2. The van der Waals surface area contributed by atoms with Gasteiger partial charge in [-0.25, -0.2) is 4.39 Å². The molecule has 1 atom stereocenters. The van der Waals surface area contributed by atoms with E-state index in [0.29, 0.717) is 35.7 Å². The predicted molar refractivity (Wildman–Crippen MR) is 102 cm³/mol. The van der Waals surface area contributed by atoms with E-state index in [1.54, 1.807) is 41.3 Å². The summed E-state index contributed by atoms with van der Waals surface area (Å²) in [6.07, 6.45) is 4.53. The molecule has 0 bridgehead atoms. The van der Waals surface area contributed by atoms with Crippen molar-refractivity contribution < 1.29 is 23.5 Å². The third-order valence-electron chi connectivity index (χ3n) is 5.03. The molecule has 28 heavy (non-hydrogen) atoms. The summed E-state index contributed by atoms with van der Waals surface area (Å²) in [6.45, 7) is 1.15. The van der Waals surface area contributed by atoms with E-state index in [-0.39, 0.29) is 30.2 Å². The van der Waals surface area contributed by atoms with Gasteiger partial charge in [-0.1, -0.05) is 12.1 Å². The van der Waals surface area contributed by atoms with E-state index in [1.807, 2.05) is 0 Å². The molecule has 2 aromatic rings. The fourth-order valence-electron chi connectivity index (χ4n) is 3.56. The topological polar surface area (TPSA) is 55.8 Å². The number of amides is 1. The summed E-state index contributed by atoms with van der Waals surface area (Å²) in [5.74, 6) is 0.451. The Balaban J connectivity index is 1.42. The van der Waals surface area contributed by atoms with E-state index in [2.05, 4.69) is 0 Å². The third kappa shape index (κ3) is 3.91. The van der Waals surface area contributed by atoms with Gasteiger partial charge in [-0.15, -0.1) is 0 Å². The molecule has 1 unspecified atom stereocenters. The fourth-order valence-corrected chi connectivity index (χ4v) is 3.56. The molecule has 2 aliphatic rings. The number of benzene rings is 2. The summed E-state index contributed by atoms with van der Waals surface area (Å²) < 4.78 is 23.9. The molecule has 6 heteroatoms. The fraction of sp³-hybridized carbons (Fsp3) is 0.273. The average molecular weight is 381 g/mol. The molecule has 0 aromatic heterocycles. The largest absolute Gasteiger partial charge is 0.454 e. The van der Waals surface area contributed by atoms with Gasteiger partial charge in [-0.2, -0.15) is 0 Å². The van der Waals surface area contributed by atoms with Crippen LogP contribution in [-0.2, 0) is 4.79 Å². The Morgan fingerprint density at radius 3 is 2.82 bits per heavy atom. The molecule has 0 saturated carbocycles. The first-order chi connectivity index (χ1) is 13.6. The van der Waals surface area contributed by atoms with Gasteiger partial charge in [0.25, 0.3) is 0 Å². The Bertz CT molecular complexity index is 940. The molecule has 2 aromatic carbocycles. The minimum atomic E-state index is -0.345. The zero-order valence-electron chi connectivity index (χ0n) is 15.3. The molecule has 0 N–H and O–H groups in total. The van der Waals surface area contributed by atoms with Crippen LogP contribution in [0.2, 0.25) is 0 Å². The second kappa shape index (κ2) is 7.84. The van der Waals surface area contributed by atoms with Crippen LogP contribution >= 0.6 is 0 Å². The maximum absolute atomic E-state index is 13.2. The molecule has 2 heterocycles. The van der Waals surface area contributed by atoms with Gasteiger partial charge in [-0.3, -0.25) is 9.59 Å². The predicted octanol–water partition coefficient (Wildman–Crippen LogP) is 3.69. The summed E-state index contributed by atoms with van der Waals surface area (Å²) in [6, 6.07) is 11.2. The number of ketones is 1. The minimum Gasteiger partial charge on any atom is -0.454 e. The van der Waals surface area contributed by atoms with Gasteiger partial charge in [0, 0.05) is 30.6 Å². The first-order valence-corrected chi connectivity index (χ1v) is 9.26. The summed E-state index contributed by atoms with van der Waals surface area (Å²) in [4.78, 5) is 27.1. The second-order valence-electron chi connectivity index (χ2n) is 6.94. The normalized spacial score (nSPS) is 18.5. The highest BCUT2D eigenvalue weighted by atomic mass is 19.1. The number of hydrogen-bond acceptors (Lipinski definition) is 4. The Morgan fingerprint density at radius 2 is 1.96 bits per heavy atom. The monoisotopic (exact) mass is 381 g/mol. The Kier molecular flexibility index (Phi) is 5.10. The molecule has 0 aliphatic carbocycles. The molecule has 4 rings (SSSR count). The lowest BCUT2D eigenvalue weighted by Gasteiger charge is -2.31. The van der Waals surface area contributed by atoms with Crippen LogP contribution in [0.4, 0.5) is 4.39 Å². The Morgan fingerprint density at radius 1 is 1.11 bits per heavy atom. The maximum atomic E-state index is 13.2. The second-order valence-corrected chi connectivity index (χ2v) is 6.94. The number of nitrogens with zero attached hydrogens (tertiary/aromatic N) is 1. The third-order valence-corrected chi connectivity index (χ3v) is 5.03. The number of piperidine rings is 1. The average Bonchev–Trinajstić information content (AvgIpc) is 3.19. The lowest BCUT2D eigenvalue weighted by molar-refractivity contribution is -0.127. The van der Waals surface area contributed by atoms with E-state index in [0.717, 1.165) is 12.8 Å². The van der Waals surface area contributed by atoms with Crippen LogP contribution in [-0.4, -0.2) is 36.5 Å². The molecule has 1 fully saturated rings. The van der Waals surface area contributed by atoms with Crippen molar-refractivity contribution in [3.05, 3.63) is 65.5 Å². The number of fused-ring (bicyclic) bond motifs is 1. The Hall–Kier alpha value is -3.15. The van der Waals surface area contributed by atoms with Crippen LogP contribution in [0.5, 0.6) is 11.5 Å².